The Bertz CT molecular complexity index is 1630. The number of carbonyl (C=O) groups excluding carboxylic acids is 4. The third-order valence-electron chi connectivity index (χ3n) is 14.7. The minimum Gasteiger partial charge on any atom is -0.462 e. The lowest BCUT2D eigenvalue weighted by molar-refractivity contribution is -0.161. The smallest absolute Gasteiger partial charge is 0.462 e. The molecule has 0 fully saturated rings. The highest BCUT2D eigenvalue weighted by Gasteiger charge is 2.30. The maximum absolute atomic E-state index is 13.0. The number of ether oxygens (including phenoxy) is 4. The first-order chi connectivity index (χ1) is 39.9. The molecule has 0 aromatic heterocycles. The third kappa shape index (κ3) is 58.8. The Hall–Kier alpha value is -1.94. The molecule has 0 saturated heterocycles. The van der Waals surface area contributed by atoms with Gasteiger partial charge in [-0.2, -0.15) is 0 Å². The number of phosphoric acid groups is 2. The van der Waals surface area contributed by atoms with E-state index < -0.39 is 97.5 Å². The van der Waals surface area contributed by atoms with Crippen LogP contribution in [0.1, 0.15) is 318 Å². The molecule has 0 aliphatic carbocycles. The minimum atomic E-state index is -4.94. The molecule has 0 spiro atoms. The van der Waals surface area contributed by atoms with Crippen LogP contribution in [-0.2, 0) is 65.4 Å². The van der Waals surface area contributed by atoms with Gasteiger partial charge in [-0.1, -0.05) is 266 Å². The van der Waals surface area contributed by atoms with Crippen LogP contribution in [-0.4, -0.2) is 96.7 Å². The summed E-state index contributed by atoms with van der Waals surface area (Å²) in [5.74, 6) is -0.683. The van der Waals surface area contributed by atoms with Gasteiger partial charge < -0.3 is 33.8 Å². The first kappa shape index (κ1) is 81.1. The Kier molecular flexibility index (Phi) is 55.2. The van der Waals surface area contributed by atoms with E-state index in [9.17, 15) is 43.2 Å². The molecule has 0 radical (unpaired) electrons. The van der Waals surface area contributed by atoms with Gasteiger partial charge >= 0.3 is 39.5 Å². The van der Waals surface area contributed by atoms with Crippen molar-refractivity contribution in [3.63, 3.8) is 0 Å². The largest absolute Gasteiger partial charge is 0.472 e. The SMILES string of the molecule is CCCCCCCCCCCCC(=O)OC[C@H](COP(=O)(O)OC[C@@H](O)COP(=O)(O)OC[C@@H](COC(=O)CCCCCCCCCC)OC(=O)CCCCCCCCC(C)C)OC(=O)CCCCCCCCCCCCCCCC(C)C. The van der Waals surface area contributed by atoms with Crippen LogP contribution in [0.2, 0.25) is 0 Å². The molecule has 0 aliphatic rings. The van der Waals surface area contributed by atoms with Gasteiger partial charge in [0.2, 0.25) is 0 Å². The molecular weight excluding hydrogens is 1100 g/mol. The number of esters is 4. The van der Waals surface area contributed by atoms with Gasteiger partial charge in [0, 0.05) is 25.7 Å². The monoisotopic (exact) mass is 1230 g/mol. The zero-order valence-electron chi connectivity index (χ0n) is 53.5. The molecule has 0 aromatic carbocycles. The van der Waals surface area contributed by atoms with Crippen LogP contribution in [0.4, 0.5) is 0 Å². The number of rotatable bonds is 63. The Morgan fingerprint density at radius 1 is 0.325 bits per heavy atom. The van der Waals surface area contributed by atoms with Crippen LogP contribution < -0.4 is 0 Å². The molecule has 19 heteroatoms. The zero-order valence-corrected chi connectivity index (χ0v) is 55.3. The van der Waals surface area contributed by atoms with Crippen molar-refractivity contribution in [1.29, 1.82) is 0 Å². The molecule has 0 aliphatic heterocycles. The number of aliphatic hydroxyl groups is 1. The normalized spacial score (nSPS) is 14.3. The first-order valence-electron chi connectivity index (χ1n) is 33.5. The van der Waals surface area contributed by atoms with Crippen LogP contribution >= 0.6 is 15.6 Å². The average molecular weight is 1230 g/mol. The van der Waals surface area contributed by atoms with Crippen molar-refractivity contribution in [1.82, 2.24) is 0 Å². The van der Waals surface area contributed by atoms with E-state index in [-0.39, 0.29) is 25.7 Å². The van der Waals surface area contributed by atoms with Crippen molar-refractivity contribution in [3.8, 4) is 0 Å². The predicted molar refractivity (Wildman–Crippen MR) is 331 cm³/mol. The van der Waals surface area contributed by atoms with Gasteiger partial charge in [0.05, 0.1) is 26.4 Å². The number of aliphatic hydroxyl groups excluding tert-OH is 1. The summed E-state index contributed by atoms with van der Waals surface area (Å²) in [6.45, 7) is 9.39. The van der Waals surface area contributed by atoms with Gasteiger partial charge in [0.15, 0.2) is 12.2 Å². The van der Waals surface area contributed by atoms with Crippen LogP contribution in [0.5, 0.6) is 0 Å². The van der Waals surface area contributed by atoms with Crippen molar-refractivity contribution >= 4 is 39.5 Å². The van der Waals surface area contributed by atoms with E-state index in [0.717, 1.165) is 102 Å². The lowest BCUT2D eigenvalue weighted by Crippen LogP contribution is -2.30. The molecule has 0 aromatic rings. The fraction of sp³-hybridized carbons (Fsp3) is 0.938. The lowest BCUT2D eigenvalue weighted by atomic mass is 10.0. The number of unbranched alkanes of at least 4 members (excludes halogenated alkanes) is 33. The lowest BCUT2D eigenvalue weighted by Gasteiger charge is -2.21. The maximum atomic E-state index is 13.0. The van der Waals surface area contributed by atoms with E-state index in [4.69, 9.17) is 37.0 Å². The topological polar surface area (TPSA) is 237 Å². The van der Waals surface area contributed by atoms with E-state index in [1.807, 2.05) is 0 Å². The highest BCUT2D eigenvalue weighted by Crippen LogP contribution is 2.45. The molecule has 83 heavy (non-hydrogen) atoms. The second-order valence-electron chi connectivity index (χ2n) is 24.1. The standard InChI is InChI=1S/C64H124O17P2/c1-7-9-11-13-15-17-24-28-35-41-47-62(67)75-52-59(80-63(68)48-42-36-29-25-22-20-18-19-21-23-26-32-38-44-56(3)4)54-78-82(70,71)76-50-58(65)51-77-83(72,73)79-55-60(53-74-61(66)46-40-34-27-16-14-12-10-8-2)81-64(69)49-43-37-31-30-33-39-45-57(5)6/h56-60,65H,7-55H2,1-6H3,(H,70,71)(H,72,73)/t58-,59-,60-/m1/s1. The molecule has 492 valence electrons. The van der Waals surface area contributed by atoms with Crippen molar-refractivity contribution in [2.45, 2.75) is 336 Å². The molecule has 0 heterocycles. The van der Waals surface area contributed by atoms with Crippen LogP contribution in [0, 0.1) is 11.8 Å². The van der Waals surface area contributed by atoms with Gasteiger partial charge in [-0.15, -0.1) is 0 Å². The summed E-state index contributed by atoms with van der Waals surface area (Å²) >= 11 is 0. The number of hydrogen-bond donors (Lipinski definition) is 3. The highest BCUT2D eigenvalue weighted by molar-refractivity contribution is 7.47. The van der Waals surface area contributed by atoms with E-state index in [1.54, 1.807) is 0 Å². The summed E-state index contributed by atoms with van der Waals surface area (Å²) < 4.78 is 67.9. The van der Waals surface area contributed by atoms with Crippen LogP contribution in [0.3, 0.4) is 0 Å². The summed E-state index contributed by atoms with van der Waals surface area (Å²) in [5, 5.41) is 10.5. The van der Waals surface area contributed by atoms with Crippen molar-refractivity contribution in [3.05, 3.63) is 0 Å². The summed E-state index contributed by atoms with van der Waals surface area (Å²) in [6, 6.07) is 0. The molecule has 0 saturated carbocycles. The maximum Gasteiger partial charge on any atom is 0.472 e. The molecule has 17 nitrogen and oxygen atoms in total. The molecule has 0 amide bonds. The van der Waals surface area contributed by atoms with Gasteiger partial charge in [-0.05, 0) is 37.5 Å². The Balaban J connectivity index is 5.20. The van der Waals surface area contributed by atoms with Gasteiger partial charge in [-0.25, -0.2) is 9.13 Å². The van der Waals surface area contributed by atoms with Gasteiger partial charge in [0.1, 0.15) is 19.3 Å². The van der Waals surface area contributed by atoms with E-state index in [0.29, 0.717) is 31.6 Å². The van der Waals surface area contributed by atoms with E-state index in [1.165, 1.54) is 128 Å². The number of phosphoric ester groups is 2. The van der Waals surface area contributed by atoms with Crippen LogP contribution in [0.25, 0.3) is 0 Å². The predicted octanol–water partition coefficient (Wildman–Crippen LogP) is 17.7. The Morgan fingerprint density at radius 3 is 0.819 bits per heavy atom. The summed E-state index contributed by atoms with van der Waals surface area (Å²) in [6.07, 6.45) is 39.1. The quantitative estimate of drug-likeness (QED) is 0.0222. The summed E-state index contributed by atoms with van der Waals surface area (Å²) in [5.41, 5.74) is 0. The summed E-state index contributed by atoms with van der Waals surface area (Å²) in [7, 11) is -9.88. The van der Waals surface area contributed by atoms with Crippen LogP contribution in [0.15, 0.2) is 0 Å². The third-order valence-corrected chi connectivity index (χ3v) is 16.6. The zero-order chi connectivity index (χ0) is 61.5. The fourth-order valence-corrected chi connectivity index (χ4v) is 11.1. The van der Waals surface area contributed by atoms with Gasteiger partial charge in [0.25, 0.3) is 0 Å². The first-order valence-corrected chi connectivity index (χ1v) is 36.5. The van der Waals surface area contributed by atoms with Crippen molar-refractivity contribution in [2.24, 2.45) is 11.8 Å². The van der Waals surface area contributed by atoms with Gasteiger partial charge in [-0.3, -0.25) is 37.3 Å². The molecule has 3 N–H and O–H groups in total. The average Bonchev–Trinajstić information content (AvgIpc) is 3.47. The minimum absolute atomic E-state index is 0.102. The molecule has 5 atom stereocenters. The van der Waals surface area contributed by atoms with Crippen molar-refractivity contribution < 1.29 is 80.2 Å². The number of hydrogen-bond acceptors (Lipinski definition) is 15. The fourth-order valence-electron chi connectivity index (χ4n) is 9.53. The highest BCUT2D eigenvalue weighted by atomic mass is 31.2. The van der Waals surface area contributed by atoms with Crippen molar-refractivity contribution in [2.75, 3.05) is 39.6 Å². The summed E-state index contributed by atoms with van der Waals surface area (Å²) in [4.78, 5) is 72.1. The Labute approximate surface area is 505 Å². The number of carbonyl (C=O) groups is 4. The molecular formula is C64H124O17P2. The second kappa shape index (κ2) is 56.6. The Morgan fingerprint density at radius 2 is 0.554 bits per heavy atom. The molecule has 0 bridgehead atoms. The van der Waals surface area contributed by atoms with E-state index >= 15 is 0 Å². The molecule has 0 rings (SSSR count). The molecule has 2 unspecified atom stereocenters. The second-order valence-corrected chi connectivity index (χ2v) is 27.0. The van der Waals surface area contributed by atoms with E-state index in [2.05, 4.69) is 41.5 Å².